The summed E-state index contributed by atoms with van der Waals surface area (Å²) in [4.78, 5) is 26.9. The van der Waals surface area contributed by atoms with E-state index < -0.39 is 5.97 Å². The average molecular weight is 277 g/mol. The Kier molecular flexibility index (Phi) is 4.57. The number of aromatic carboxylic acids is 1. The topological polar surface area (TPSA) is 72.9 Å². The van der Waals surface area contributed by atoms with Gasteiger partial charge in [-0.15, -0.1) is 0 Å². The van der Waals surface area contributed by atoms with Gasteiger partial charge in [0.15, 0.2) is 0 Å². The standard InChI is InChI=1S/C14H19N3O3/c1-16-7-2-8-17(10-9-16)14(20)15-12-5-3-11(4-6-12)13(18)19/h3-6H,2,7-10H2,1H3,(H,15,20)(H,18,19). The fourth-order valence-electron chi connectivity index (χ4n) is 2.15. The van der Waals surface area contributed by atoms with E-state index >= 15 is 0 Å². The number of carboxylic acid groups (broad SMARTS) is 1. The Morgan fingerprint density at radius 2 is 1.80 bits per heavy atom. The van der Waals surface area contributed by atoms with Crippen molar-refractivity contribution in [3.05, 3.63) is 29.8 Å². The molecule has 6 nitrogen and oxygen atoms in total. The highest BCUT2D eigenvalue weighted by atomic mass is 16.4. The second-order valence-corrected chi connectivity index (χ2v) is 4.96. The van der Waals surface area contributed by atoms with Crippen LogP contribution >= 0.6 is 0 Å². The molecule has 1 saturated heterocycles. The fraction of sp³-hybridized carbons (Fsp3) is 0.429. The Morgan fingerprint density at radius 3 is 2.45 bits per heavy atom. The van der Waals surface area contributed by atoms with Gasteiger partial charge in [0.2, 0.25) is 0 Å². The van der Waals surface area contributed by atoms with E-state index in [4.69, 9.17) is 5.11 Å². The van der Waals surface area contributed by atoms with Crippen LogP contribution in [0.3, 0.4) is 0 Å². The number of rotatable bonds is 2. The Balaban J connectivity index is 1.95. The maximum atomic E-state index is 12.1. The van der Waals surface area contributed by atoms with Crippen molar-refractivity contribution in [1.82, 2.24) is 9.80 Å². The minimum atomic E-state index is -0.974. The average Bonchev–Trinajstić information content (AvgIpc) is 2.64. The summed E-state index contributed by atoms with van der Waals surface area (Å²) in [6.45, 7) is 3.31. The predicted octanol–water partition coefficient (Wildman–Crippen LogP) is 1.55. The SMILES string of the molecule is CN1CCCN(C(=O)Nc2ccc(C(=O)O)cc2)CC1. The molecule has 2 rings (SSSR count). The monoisotopic (exact) mass is 277 g/mol. The maximum Gasteiger partial charge on any atom is 0.335 e. The lowest BCUT2D eigenvalue weighted by molar-refractivity contribution is 0.0697. The van der Waals surface area contributed by atoms with Crippen LogP contribution in [-0.4, -0.2) is 60.1 Å². The van der Waals surface area contributed by atoms with Crippen molar-refractivity contribution in [3.8, 4) is 0 Å². The number of likely N-dealkylation sites (N-methyl/N-ethyl adjacent to an activating group) is 1. The molecule has 0 bridgehead atoms. The Hall–Kier alpha value is -2.08. The first-order valence-electron chi connectivity index (χ1n) is 6.64. The van der Waals surface area contributed by atoms with Gasteiger partial charge in [-0.3, -0.25) is 0 Å². The number of nitrogens with one attached hydrogen (secondary N) is 1. The highest BCUT2D eigenvalue weighted by molar-refractivity contribution is 5.91. The molecule has 0 spiro atoms. The predicted molar refractivity (Wildman–Crippen MR) is 76.1 cm³/mol. The number of hydrogen-bond donors (Lipinski definition) is 2. The van der Waals surface area contributed by atoms with Gasteiger partial charge in [-0.1, -0.05) is 0 Å². The zero-order chi connectivity index (χ0) is 14.5. The van der Waals surface area contributed by atoms with Crippen molar-refractivity contribution < 1.29 is 14.7 Å². The molecule has 1 aliphatic heterocycles. The summed E-state index contributed by atoms with van der Waals surface area (Å²) in [5.41, 5.74) is 0.817. The van der Waals surface area contributed by atoms with Gasteiger partial charge in [-0.2, -0.15) is 0 Å². The van der Waals surface area contributed by atoms with Gasteiger partial charge in [0.1, 0.15) is 0 Å². The third-order valence-corrected chi connectivity index (χ3v) is 3.39. The zero-order valence-electron chi connectivity index (χ0n) is 11.5. The normalized spacial score (nSPS) is 16.6. The highest BCUT2D eigenvalue weighted by Gasteiger charge is 2.17. The lowest BCUT2D eigenvalue weighted by Gasteiger charge is -2.21. The summed E-state index contributed by atoms with van der Waals surface area (Å²) in [7, 11) is 2.05. The molecule has 1 heterocycles. The summed E-state index contributed by atoms with van der Waals surface area (Å²) in [6, 6.07) is 6.03. The third-order valence-electron chi connectivity index (χ3n) is 3.39. The van der Waals surface area contributed by atoms with Crippen molar-refractivity contribution in [2.24, 2.45) is 0 Å². The number of carboxylic acids is 1. The van der Waals surface area contributed by atoms with E-state index in [1.54, 1.807) is 17.0 Å². The highest BCUT2D eigenvalue weighted by Crippen LogP contribution is 2.11. The van der Waals surface area contributed by atoms with Crippen molar-refractivity contribution in [2.75, 3.05) is 38.5 Å². The number of anilines is 1. The fourth-order valence-corrected chi connectivity index (χ4v) is 2.15. The number of carbonyl (C=O) groups excluding carboxylic acids is 1. The molecule has 1 aromatic rings. The van der Waals surface area contributed by atoms with Crippen molar-refractivity contribution >= 4 is 17.7 Å². The molecular weight excluding hydrogens is 258 g/mol. The molecule has 0 aliphatic carbocycles. The molecule has 108 valence electrons. The van der Waals surface area contributed by atoms with Crippen molar-refractivity contribution in [1.29, 1.82) is 0 Å². The zero-order valence-corrected chi connectivity index (χ0v) is 11.5. The molecule has 0 atom stereocenters. The van der Waals surface area contributed by atoms with Crippen LogP contribution in [0.1, 0.15) is 16.8 Å². The van der Waals surface area contributed by atoms with Crippen molar-refractivity contribution in [3.63, 3.8) is 0 Å². The first kappa shape index (κ1) is 14.3. The van der Waals surface area contributed by atoms with E-state index in [1.807, 2.05) is 7.05 Å². The van der Waals surface area contributed by atoms with Crippen LogP contribution in [0.15, 0.2) is 24.3 Å². The summed E-state index contributed by atoms with van der Waals surface area (Å²) >= 11 is 0. The maximum absolute atomic E-state index is 12.1. The van der Waals surface area contributed by atoms with Gasteiger partial charge in [-0.25, -0.2) is 9.59 Å². The molecule has 20 heavy (non-hydrogen) atoms. The Morgan fingerprint density at radius 1 is 1.10 bits per heavy atom. The Labute approximate surface area is 118 Å². The minimum absolute atomic E-state index is 0.136. The van der Waals surface area contributed by atoms with E-state index in [0.717, 1.165) is 26.1 Å². The number of benzene rings is 1. The first-order chi connectivity index (χ1) is 9.56. The van der Waals surface area contributed by atoms with Gasteiger partial charge in [0.25, 0.3) is 0 Å². The summed E-state index contributed by atoms with van der Waals surface area (Å²) < 4.78 is 0. The number of nitrogens with zero attached hydrogens (tertiary/aromatic N) is 2. The van der Waals surface area contributed by atoms with Crippen LogP contribution in [0.25, 0.3) is 0 Å². The van der Waals surface area contributed by atoms with Crippen molar-refractivity contribution in [2.45, 2.75) is 6.42 Å². The first-order valence-corrected chi connectivity index (χ1v) is 6.64. The molecule has 0 radical (unpaired) electrons. The number of amides is 2. The molecule has 6 heteroatoms. The van der Waals surface area contributed by atoms with Crippen LogP contribution in [0.2, 0.25) is 0 Å². The molecule has 1 aliphatic rings. The lowest BCUT2D eigenvalue weighted by Crippen LogP contribution is -2.37. The van der Waals surface area contributed by atoms with Gasteiger partial charge in [0, 0.05) is 25.3 Å². The smallest absolute Gasteiger partial charge is 0.335 e. The lowest BCUT2D eigenvalue weighted by atomic mass is 10.2. The summed E-state index contributed by atoms with van der Waals surface area (Å²) in [6.07, 6.45) is 0.960. The number of urea groups is 1. The molecular formula is C14H19N3O3. The van der Waals surface area contributed by atoms with E-state index in [2.05, 4.69) is 10.2 Å². The third kappa shape index (κ3) is 3.71. The Bertz CT molecular complexity index is 487. The summed E-state index contributed by atoms with van der Waals surface area (Å²) in [5, 5.41) is 11.6. The molecule has 1 aromatic carbocycles. The molecule has 0 saturated carbocycles. The van der Waals surface area contributed by atoms with Gasteiger partial charge in [-0.05, 0) is 44.3 Å². The van der Waals surface area contributed by atoms with E-state index in [9.17, 15) is 9.59 Å². The van der Waals surface area contributed by atoms with Crippen LogP contribution in [-0.2, 0) is 0 Å². The molecule has 0 aromatic heterocycles. The number of carbonyl (C=O) groups is 2. The van der Waals surface area contributed by atoms with E-state index in [0.29, 0.717) is 12.2 Å². The number of hydrogen-bond acceptors (Lipinski definition) is 3. The second-order valence-electron chi connectivity index (χ2n) is 4.96. The quantitative estimate of drug-likeness (QED) is 0.860. The second kappa shape index (κ2) is 6.38. The van der Waals surface area contributed by atoms with Crippen LogP contribution in [0.5, 0.6) is 0 Å². The van der Waals surface area contributed by atoms with Gasteiger partial charge in [0.05, 0.1) is 5.56 Å². The van der Waals surface area contributed by atoms with E-state index in [1.165, 1.54) is 12.1 Å². The largest absolute Gasteiger partial charge is 0.478 e. The van der Waals surface area contributed by atoms with Gasteiger partial charge >= 0.3 is 12.0 Å². The molecule has 2 N–H and O–H groups in total. The molecule has 2 amide bonds. The minimum Gasteiger partial charge on any atom is -0.478 e. The van der Waals surface area contributed by atoms with Crippen LogP contribution < -0.4 is 5.32 Å². The van der Waals surface area contributed by atoms with Gasteiger partial charge < -0.3 is 20.2 Å². The van der Waals surface area contributed by atoms with Crippen LogP contribution in [0, 0.1) is 0 Å². The van der Waals surface area contributed by atoms with E-state index in [-0.39, 0.29) is 11.6 Å². The van der Waals surface area contributed by atoms with Crippen LogP contribution in [0.4, 0.5) is 10.5 Å². The molecule has 1 fully saturated rings. The summed E-state index contributed by atoms with van der Waals surface area (Å²) in [5.74, 6) is -0.974. The molecule has 0 unspecified atom stereocenters.